The summed E-state index contributed by atoms with van der Waals surface area (Å²) in [5.74, 6) is 3.20. The molecule has 3 saturated carbocycles. The molecule has 0 amide bonds. The lowest BCUT2D eigenvalue weighted by atomic mass is 9.43. The summed E-state index contributed by atoms with van der Waals surface area (Å²) >= 11 is 0. The summed E-state index contributed by atoms with van der Waals surface area (Å²) in [6.07, 6.45) is 10.4. The van der Waals surface area contributed by atoms with Crippen LogP contribution in [0.25, 0.3) is 0 Å². The van der Waals surface area contributed by atoms with E-state index in [0.717, 1.165) is 30.6 Å². The van der Waals surface area contributed by atoms with Gasteiger partial charge in [-0.15, -0.1) is 0 Å². The van der Waals surface area contributed by atoms with Crippen molar-refractivity contribution in [3.8, 4) is 0 Å². The monoisotopic (exact) mass is 474 g/mol. The Hall–Kier alpha value is -1.10. The van der Waals surface area contributed by atoms with Gasteiger partial charge in [0.1, 0.15) is 0 Å². The Balaban J connectivity index is 1.43. The predicted molar refractivity (Wildman–Crippen MR) is 130 cm³/mol. The van der Waals surface area contributed by atoms with Crippen LogP contribution in [0.2, 0.25) is 0 Å². The number of fused-ring (bicyclic) bond motifs is 4. The van der Waals surface area contributed by atoms with E-state index >= 15 is 0 Å². The maximum absolute atomic E-state index is 13.1. The number of hydrogen-bond acceptors (Lipinski definition) is 5. The number of carbonyl (C=O) groups excluding carboxylic acids is 2. The first-order valence-corrected chi connectivity index (χ1v) is 14.0. The highest BCUT2D eigenvalue weighted by molar-refractivity contribution is 5.76. The van der Waals surface area contributed by atoms with Crippen LogP contribution < -0.4 is 0 Å². The van der Waals surface area contributed by atoms with E-state index in [1.165, 1.54) is 52.1 Å². The minimum Gasteiger partial charge on any atom is -0.469 e. The number of carbonyl (C=O) groups is 2. The zero-order valence-electron chi connectivity index (χ0n) is 22.2. The third-order valence-corrected chi connectivity index (χ3v) is 11.5. The lowest BCUT2D eigenvalue weighted by Gasteiger charge is -2.60. The minimum absolute atomic E-state index is 0.186. The van der Waals surface area contributed by atoms with Crippen LogP contribution in [0.5, 0.6) is 0 Å². The quantitative estimate of drug-likeness (QED) is 0.342. The molecule has 5 rings (SSSR count). The first-order valence-electron chi connectivity index (χ1n) is 14.0. The number of epoxide rings is 1. The van der Waals surface area contributed by atoms with Crippen LogP contribution in [0.3, 0.4) is 0 Å². The van der Waals surface area contributed by atoms with E-state index in [4.69, 9.17) is 14.2 Å². The van der Waals surface area contributed by atoms with Gasteiger partial charge in [-0.1, -0.05) is 53.9 Å². The molecule has 2 aliphatic heterocycles. The van der Waals surface area contributed by atoms with Crippen LogP contribution in [-0.2, 0) is 23.8 Å². The SMILES string of the molecule is COC(=O)[C@H]1C[C@H]2[C@@H]3CC[C@H]([C@H](C)CCCC(C)C)[C@@]3(C)CC[C@@H]2[C@@]2(C)CCC(=O)O[C@H]3O[C@@]312. The second-order valence-corrected chi connectivity index (χ2v) is 13.4. The lowest BCUT2D eigenvalue weighted by Crippen LogP contribution is -2.61. The predicted octanol–water partition coefficient (Wildman–Crippen LogP) is 6.14. The van der Waals surface area contributed by atoms with E-state index in [9.17, 15) is 9.59 Å². The van der Waals surface area contributed by atoms with Crippen molar-refractivity contribution in [1.82, 2.24) is 0 Å². The average Bonchev–Trinajstić information content (AvgIpc) is 3.39. The van der Waals surface area contributed by atoms with E-state index in [-0.39, 0.29) is 23.3 Å². The van der Waals surface area contributed by atoms with Gasteiger partial charge in [0.05, 0.1) is 13.0 Å². The van der Waals surface area contributed by atoms with Gasteiger partial charge in [0.15, 0.2) is 5.60 Å². The smallest absolute Gasteiger partial charge is 0.311 e. The number of rotatable bonds is 6. The molecule has 1 spiro atoms. The van der Waals surface area contributed by atoms with Crippen LogP contribution in [0.4, 0.5) is 0 Å². The molecule has 5 aliphatic rings. The number of hydrogen-bond donors (Lipinski definition) is 0. The number of esters is 2. The van der Waals surface area contributed by atoms with Crippen molar-refractivity contribution in [1.29, 1.82) is 0 Å². The van der Waals surface area contributed by atoms with Gasteiger partial charge >= 0.3 is 11.9 Å². The van der Waals surface area contributed by atoms with E-state index in [0.29, 0.717) is 29.6 Å². The maximum Gasteiger partial charge on any atom is 0.311 e. The van der Waals surface area contributed by atoms with Crippen LogP contribution >= 0.6 is 0 Å². The molecule has 0 aromatic rings. The van der Waals surface area contributed by atoms with Gasteiger partial charge in [0, 0.05) is 11.8 Å². The molecule has 0 aromatic carbocycles. The molecule has 0 aromatic heterocycles. The van der Waals surface area contributed by atoms with E-state index in [2.05, 4.69) is 34.6 Å². The van der Waals surface area contributed by atoms with Crippen molar-refractivity contribution in [3.05, 3.63) is 0 Å². The van der Waals surface area contributed by atoms with Crippen molar-refractivity contribution in [2.45, 2.75) is 111 Å². The molecule has 10 atom stereocenters. The fourth-order valence-corrected chi connectivity index (χ4v) is 9.81. The van der Waals surface area contributed by atoms with Crippen molar-refractivity contribution >= 4 is 11.9 Å². The Morgan fingerprint density at radius 2 is 1.85 bits per heavy atom. The third kappa shape index (κ3) is 3.42. The van der Waals surface area contributed by atoms with Gasteiger partial charge in [-0.2, -0.15) is 0 Å². The Kier molecular flexibility index (Phi) is 6.14. The summed E-state index contributed by atoms with van der Waals surface area (Å²) in [6.45, 7) is 12.0. The summed E-state index contributed by atoms with van der Waals surface area (Å²) < 4.78 is 17.2. The fourth-order valence-electron chi connectivity index (χ4n) is 9.81. The molecule has 2 heterocycles. The summed E-state index contributed by atoms with van der Waals surface area (Å²) in [6, 6.07) is 0. The molecule has 5 heteroatoms. The molecule has 0 bridgehead atoms. The molecule has 5 nitrogen and oxygen atoms in total. The molecule has 5 fully saturated rings. The highest BCUT2D eigenvalue weighted by Crippen LogP contribution is 2.74. The standard InChI is InChI=1S/C29H46O5/c1-17(2)8-7-9-18(3)20-10-11-21-19-16-23(25(31)32-6)29-26(34-29)33-24(30)13-15-28(29,5)22(19)12-14-27(20,21)4/h17-23,26H,7-16H2,1-6H3/t18-,19+,20-,21+,22+,23-,26+,27-,28-,29-/m1/s1. The van der Waals surface area contributed by atoms with Crippen LogP contribution in [0, 0.1) is 52.3 Å². The van der Waals surface area contributed by atoms with Gasteiger partial charge in [-0.05, 0) is 79.4 Å². The fraction of sp³-hybridized carbons (Fsp3) is 0.931. The zero-order chi connectivity index (χ0) is 24.5. The van der Waals surface area contributed by atoms with Crippen LogP contribution in [0.1, 0.15) is 98.8 Å². The van der Waals surface area contributed by atoms with Gasteiger partial charge in [-0.3, -0.25) is 9.59 Å². The van der Waals surface area contributed by atoms with Gasteiger partial charge in [0.2, 0.25) is 6.29 Å². The summed E-state index contributed by atoms with van der Waals surface area (Å²) in [4.78, 5) is 25.5. The van der Waals surface area contributed by atoms with Gasteiger partial charge < -0.3 is 14.2 Å². The van der Waals surface area contributed by atoms with Crippen molar-refractivity contribution in [2.24, 2.45) is 52.3 Å². The Bertz CT molecular complexity index is 823. The largest absolute Gasteiger partial charge is 0.469 e. The Morgan fingerprint density at radius 3 is 2.56 bits per heavy atom. The molecule has 2 saturated heterocycles. The maximum atomic E-state index is 13.1. The molecule has 192 valence electrons. The highest BCUT2D eigenvalue weighted by Gasteiger charge is 2.81. The zero-order valence-corrected chi connectivity index (χ0v) is 22.2. The first kappa shape index (κ1) is 24.6. The molecule has 0 unspecified atom stereocenters. The highest BCUT2D eigenvalue weighted by atomic mass is 16.8. The normalized spacial score (nSPS) is 48.0. The average molecular weight is 475 g/mol. The molecular weight excluding hydrogens is 428 g/mol. The van der Waals surface area contributed by atoms with E-state index in [1.54, 1.807) is 0 Å². The molecule has 0 radical (unpaired) electrons. The second-order valence-electron chi connectivity index (χ2n) is 13.4. The van der Waals surface area contributed by atoms with Gasteiger partial charge in [0.25, 0.3) is 0 Å². The Labute approximate surface area is 206 Å². The Morgan fingerprint density at radius 1 is 1.09 bits per heavy atom. The second kappa shape index (κ2) is 8.49. The van der Waals surface area contributed by atoms with E-state index in [1.807, 2.05) is 0 Å². The minimum atomic E-state index is -0.691. The van der Waals surface area contributed by atoms with Crippen molar-refractivity contribution in [3.63, 3.8) is 0 Å². The lowest BCUT2D eigenvalue weighted by molar-refractivity contribution is -0.171. The van der Waals surface area contributed by atoms with Crippen molar-refractivity contribution in [2.75, 3.05) is 7.11 Å². The molecule has 0 N–H and O–H groups in total. The van der Waals surface area contributed by atoms with Gasteiger partial charge in [-0.25, -0.2) is 0 Å². The molecule has 34 heavy (non-hydrogen) atoms. The van der Waals surface area contributed by atoms with E-state index < -0.39 is 11.9 Å². The molecule has 3 aliphatic carbocycles. The van der Waals surface area contributed by atoms with Crippen LogP contribution in [-0.4, -0.2) is 30.9 Å². The summed E-state index contributed by atoms with van der Waals surface area (Å²) in [7, 11) is 1.48. The molecular formula is C29H46O5. The number of ether oxygens (including phenoxy) is 3. The topological polar surface area (TPSA) is 65.1 Å². The first-order chi connectivity index (χ1) is 16.1. The van der Waals surface area contributed by atoms with Crippen molar-refractivity contribution < 1.29 is 23.8 Å². The summed E-state index contributed by atoms with van der Waals surface area (Å²) in [5.41, 5.74) is -0.571. The number of methoxy groups -OCH3 is 1. The van der Waals surface area contributed by atoms with Crippen LogP contribution in [0.15, 0.2) is 0 Å². The third-order valence-electron chi connectivity index (χ3n) is 11.5. The summed E-state index contributed by atoms with van der Waals surface area (Å²) in [5, 5.41) is 0.